The van der Waals surface area contributed by atoms with Gasteiger partial charge in [0.2, 0.25) is 27.7 Å². The number of aliphatic hydroxyl groups is 2. The summed E-state index contributed by atoms with van der Waals surface area (Å²) in [6.45, 7) is 11.4. The van der Waals surface area contributed by atoms with Crippen molar-refractivity contribution in [1.82, 2.24) is 25.0 Å². The van der Waals surface area contributed by atoms with Crippen LogP contribution in [0.5, 0.6) is 0 Å². The molecule has 12 nitrogen and oxygen atoms in total. The number of rotatable bonds is 18. The molecule has 2 aliphatic rings. The van der Waals surface area contributed by atoms with E-state index in [-0.39, 0.29) is 61.5 Å². The van der Waals surface area contributed by atoms with Crippen LogP contribution in [0, 0.1) is 23.7 Å². The molecule has 5 atom stereocenters. The number of carbonyl (C=O) groups excluding carboxylic acids is 3. The fraction of sp³-hybridized carbons (Fsp3) is 0.909. The second-order valence-electron chi connectivity index (χ2n) is 14.0. The highest BCUT2D eigenvalue weighted by atomic mass is 32.2. The number of amides is 3. The molecular weight excluding hydrogens is 610 g/mol. The van der Waals surface area contributed by atoms with E-state index in [4.69, 9.17) is 0 Å². The van der Waals surface area contributed by atoms with Crippen molar-refractivity contribution in [1.29, 1.82) is 0 Å². The Labute approximate surface area is 278 Å². The zero-order valence-electron chi connectivity index (χ0n) is 29.4. The first kappa shape index (κ1) is 40.4. The van der Waals surface area contributed by atoms with Crippen molar-refractivity contribution in [2.75, 3.05) is 40.3 Å². The monoisotopic (exact) mass is 673 g/mol. The minimum Gasteiger partial charge on any atom is -0.393 e. The van der Waals surface area contributed by atoms with Gasteiger partial charge in [0.1, 0.15) is 0 Å². The molecule has 0 aliphatic heterocycles. The summed E-state index contributed by atoms with van der Waals surface area (Å²) in [6, 6.07) is -0.653. The van der Waals surface area contributed by atoms with Crippen LogP contribution >= 0.6 is 0 Å². The third-order valence-electron chi connectivity index (χ3n) is 9.50. The Morgan fingerprint density at radius 3 is 1.96 bits per heavy atom. The Hall–Kier alpha value is -1.80. The van der Waals surface area contributed by atoms with Crippen molar-refractivity contribution in [2.24, 2.45) is 23.7 Å². The number of nitrogens with one attached hydrogen (secondary N) is 2. The highest BCUT2D eigenvalue weighted by Crippen LogP contribution is 2.36. The molecule has 2 saturated carbocycles. The van der Waals surface area contributed by atoms with Gasteiger partial charge in [0.25, 0.3) is 0 Å². The Morgan fingerprint density at radius 1 is 0.870 bits per heavy atom. The van der Waals surface area contributed by atoms with E-state index in [1.165, 1.54) is 18.4 Å². The minimum absolute atomic E-state index is 0.0997. The molecule has 0 radical (unpaired) electrons. The highest BCUT2D eigenvalue weighted by Gasteiger charge is 2.44. The number of sulfonamides is 1. The van der Waals surface area contributed by atoms with E-state index in [1.54, 1.807) is 23.8 Å². The van der Waals surface area contributed by atoms with Gasteiger partial charge < -0.3 is 20.4 Å². The standard InChI is InChI=1S/C33H63N5O7S/c1-8-15-37(16-9-2)33(43)26-19-25(20-28(21-26)46(44,45)36(6)7)32(42)34-29(18-24-11-13-27(39)14-12-24)30(40)22-38(17-10-3)35-31(41)23(4)5/h23-30,39-40H,8-22H2,1-7H3,(H,34,42)(H,35,41). The van der Waals surface area contributed by atoms with Crippen molar-refractivity contribution >= 4 is 27.7 Å². The Morgan fingerprint density at radius 2 is 1.43 bits per heavy atom. The van der Waals surface area contributed by atoms with Crippen molar-refractivity contribution in [2.45, 2.75) is 129 Å². The minimum atomic E-state index is -3.73. The number of hydrogen-bond donors (Lipinski definition) is 4. The van der Waals surface area contributed by atoms with Crippen LogP contribution in [0.3, 0.4) is 0 Å². The molecule has 0 aromatic rings. The summed E-state index contributed by atoms with van der Waals surface area (Å²) in [6.07, 6.45) is 4.85. The van der Waals surface area contributed by atoms with E-state index in [0.29, 0.717) is 38.9 Å². The van der Waals surface area contributed by atoms with Gasteiger partial charge in [-0.2, -0.15) is 0 Å². The van der Waals surface area contributed by atoms with Crippen LogP contribution < -0.4 is 10.7 Å². The molecule has 5 unspecified atom stereocenters. The van der Waals surface area contributed by atoms with E-state index in [2.05, 4.69) is 10.7 Å². The van der Waals surface area contributed by atoms with Gasteiger partial charge >= 0.3 is 0 Å². The summed E-state index contributed by atoms with van der Waals surface area (Å²) < 4.78 is 27.9. The predicted octanol–water partition coefficient (Wildman–Crippen LogP) is 2.50. The van der Waals surface area contributed by atoms with Crippen LogP contribution in [0.15, 0.2) is 0 Å². The Bertz CT molecular complexity index is 1060. The zero-order valence-corrected chi connectivity index (χ0v) is 30.2. The van der Waals surface area contributed by atoms with Gasteiger partial charge in [0.05, 0.1) is 23.5 Å². The molecule has 13 heteroatoms. The normalized spacial score (nSPS) is 25.3. The van der Waals surface area contributed by atoms with Crippen molar-refractivity contribution in [3.8, 4) is 0 Å². The first-order chi connectivity index (χ1) is 21.6. The second-order valence-corrected chi connectivity index (χ2v) is 16.5. The maximum atomic E-state index is 14.0. The number of nitrogens with zero attached hydrogens (tertiary/aromatic N) is 3. The summed E-state index contributed by atoms with van der Waals surface area (Å²) in [5.41, 5.74) is 2.89. The van der Waals surface area contributed by atoms with Crippen molar-refractivity contribution < 1.29 is 33.0 Å². The smallest absolute Gasteiger partial charge is 0.236 e. The van der Waals surface area contributed by atoms with E-state index in [9.17, 15) is 33.0 Å². The maximum absolute atomic E-state index is 14.0. The molecule has 4 N–H and O–H groups in total. The van der Waals surface area contributed by atoms with Crippen LogP contribution in [0.4, 0.5) is 0 Å². The average Bonchev–Trinajstić information content (AvgIpc) is 3.00. The number of aliphatic hydroxyl groups excluding tert-OH is 2. The highest BCUT2D eigenvalue weighted by molar-refractivity contribution is 7.89. The molecular formula is C33H63N5O7S. The quantitative estimate of drug-likeness (QED) is 0.162. The van der Waals surface area contributed by atoms with Gasteiger partial charge in [-0.15, -0.1) is 0 Å². The fourth-order valence-electron chi connectivity index (χ4n) is 6.81. The molecule has 268 valence electrons. The predicted molar refractivity (Wildman–Crippen MR) is 180 cm³/mol. The number of carbonyl (C=O) groups is 3. The van der Waals surface area contributed by atoms with Gasteiger partial charge in [0.15, 0.2) is 0 Å². The molecule has 0 spiro atoms. The molecule has 0 heterocycles. The van der Waals surface area contributed by atoms with E-state index in [0.717, 1.165) is 32.1 Å². The number of hydrazine groups is 1. The molecule has 2 fully saturated rings. The van der Waals surface area contributed by atoms with E-state index >= 15 is 0 Å². The first-order valence-electron chi connectivity index (χ1n) is 17.6. The third-order valence-corrected chi connectivity index (χ3v) is 11.7. The Kier molecular flexibility index (Phi) is 16.9. The Balaban J connectivity index is 2.34. The maximum Gasteiger partial charge on any atom is 0.236 e. The van der Waals surface area contributed by atoms with Gasteiger partial charge in [0, 0.05) is 58.0 Å². The molecule has 2 aliphatic carbocycles. The van der Waals surface area contributed by atoms with Gasteiger partial charge in [-0.1, -0.05) is 34.6 Å². The topological polar surface area (TPSA) is 160 Å². The largest absolute Gasteiger partial charge is 0.393 e. The zero-order chi connectivity index (χ0) is 34.6. The summed E-state index contributed by atoms with van der Waals surface area (Å²) in [4.78, 5) is 42.0. The first-order valence-corrected chi connectivity index (χ1v) is 19.1. The molecule has 0 aromatic heterocycles. The van der Waals surface area contributed by atoms with Crippen LogP contribution in [0.25, 0.3) is 0 Å². The molecule has 2 rings (SSSR count). The van der Waals surface area contributed by atoms with Crippen LogP contribution in [-0.2, 0) is 24.4 Å². The van der Waals surface area contributed by atoms with Crippen LogP contribution in [0.1, 0.15) is 105 Å². The third kappa shape index (κ3) is 12.0. The average molecular weight is 674 g/mol. The molecule has 3 amide bonds. The summed E-state index contributed by atoms with van der Waals surface area (Å²) in [5, 5.41) is 25.5. The van der Waals surface area contributed by atoms with Gasteiger partial charge in [-0.25, -0.2) is 17.7 Å². The van der Waals surface area contributed by atoms with Crippen LogP contribution in [0.2, 0.25) is 0 Å². The lowest BCUT2D eigenvalue weighted by molar-refractivity contribution is -0.139. The molecule has 46 heavy (non-hydrogen) atoms. The summed E-state index contributed by atoms with van der Waals surface area (Å²) >= 11 is 0. The lowest BCUT2D eigenvalue weighted by Gasteiger charge is -2.38. The van der Waals surface area contributed by atoms with Gasteiger partial charge in [-0.05, 0) is 76.5 Å². The lowest BCUT2D eigenvalue weighted by Crippen LogP contribution is -2.55. The number of hydrogen-bond acceptors (Lipinski definition) is 8. The van der Waals surface area contributed by atoms with Crippen molar-refractivity contribution in [3.05, 3.63) is 0 Å². The SMILES string of the molecule is CCCN(CC(O)C(CC1CCC(O)CC1)NC(=O)C1CC(C(=O)N(CCC)CCC)CC(S(=O)(=O)N(C)C)C1)NC(=O)C(C)C. The van der Waals surface area contributed by atoms with Gasteiger partial charge in [-0.3, -0.25) is 19.8 Å². The van der Waals surface area contributed by atoms with E-state index in [1.807, 2.05) is 20.8 Å². The lowest BCUT2D eigenvalue weighted by atomic mass is 9.79. The summed E-state index contributed by atoms with van der Waals surface area (Å²) in [5.74, 6) is -1.99. The molecule has 0 saturated heterocycles. The molecule has 0 aromatic carbocycles. The van der Waals surface area contributed by atoms with Crippen molar-refractivity contribution in [3.63, 3.8) is 0 Å². The molecule has 0 bridgehead atoms. The second kappa shape index (κ2) is 19.3. The summed E-state index contributed by atoms with van der Waals surface area (Å²) in [7, 11) is -0.782. The fourth-order valence-corrected chi connectivity index (χ4v) is 8.35. The van der Waals surface area contributed by atoms with E-state index < -0.39 is 39.3 Å². The van der Waals surface area contributed by atoms with Crippen LogP contribution in [-0.4, -0.2) is 114 Å².